The summed E-state index contributed by atoms with van der Waals surface area (Å²) in [5.74, 6) is -1.61. The summed E-state index contributed by atoms with van der Waals surface area (Å²) in [5.41, 5.74) is 1.04. The lowest BCUT2D eigenvalue weighted by molar-refractivity contribution is 0.0620. The molecular formula is C17H19F2N3OS3. The van der Waals surface area contributed by atoms with Crippen LogP contribution in [0, 0.1) is 11.6 Å². The minimum atomic E-state index is -0.824. The van der Waals surface area contributed by atoms with E-state index in [1.165, 1.54) is 41.1 Å². The quantitative estimate of drug-likeness (QED) is 0.694. The molecule has 0 radical (unpaired) electrons. The van der Waals surface area contributed by atoms with Gasteiger partial charge in [0.05, 0.1) is 9.77 Å². The zero-order valence-corrected chi connectivity index (χ0v) is 16.9. The monoisotopic (exact) mass is 415 g/mol. The number of amides is 1. The first-order chi connectivity index (χ1) is 12.5. The van der Waals surface area contributed by atoms with E-state index >= 15 is 0 Å². The van der Waals surface area contributed by atoms with Crippen LogP contribution in [0.25, 0.3) is 0 Å². The molecule has 4 nitrogen and oxygen atoms in total. The number of halogens is 2. The van der Waals surface area contributed by atoms with Crippen LogP contribution < -0.4 is 0 Å². The molecular weight excluding hydrogens is 396 g/mol. The number of aromatic nitrogens is 1. The third-order valence-electron chi connectivity index (χ3n) is 4.31. The van der Waals surface area contributed by atoms with Crippen molar-refractivity contribution < 1.29 is 13.6 Å². The maximum Gasteiger partial charge on any atom is 0.258 e. The molecule has 140 valence electrons. The highest BCUT2D eigenvalue weighted by molar-refractivity contribution is 8.01. The number of carbonyl (C=O) groups is 1. The smallest absolute Gasteiger partial charge is 0.258 e. The van der Waals surface area contributed by atoms with Crippen molar-refractivity contribution in [2.24, 2.45) is 0 Å². The Morgan fingerprint density at radius 3 is 2.58 bits per heavy atom. The van der Waals surface area contributed by atoms with E-state index < -0.39 is 11.6 Å². The van der Waals surface area contributed by atoms with Crippen LogP contribution in [-0.2, 0) is 6.54 Å². The number of rotatable bonds is 5. The van der Waals surface area contributed by atoms with Gasteiger partial charge in [-0.25, -0.2) is 8.78 Å². The van der Waals surface area contributed by atoms with Gasteiger partial charge in [0.1, 0.15) is 5.03 Å². The largest absolute Gasteiger partial charge is 0.336 e. The van der Waals surface area contributed by atoms with E-state index in [1.54, 1.807) is 6.07 Å². The molecule has 1 saturated heterocycles. The number of benzene rings is 1. The number of nitrogens with zero attached hydrogens (tertiary/aromatic N) is 3. The van der Waals surface area contributed by atoms with Gasteiger partial charge in [-0.05, 0) is 30.1 Å². The average molecular weight is 416 g/mol. The van der Waals surface area contributed by atoms with E-state index in [0.717, 1.165) is 15.3 Å². The predicted molar refractivity (Wildman–Crippen MR) is 103 cm³/mol. The molecule has 26 heavy (non-hydrogen) atoms. The van der Waals surface area contributed by atoms with Crippen molar-refractivity contribution in [1.29, 1.82) is 0 Å². The summed E-state index contributed by atoms with van der Waals surface area (Å²) in [7, 11) is 0. The highest BCUT2D eigenvalue weighted by Gasteiger charge is 2.28. The fourth-order valence-electron chi connectivity index (χ4n) is 2.90. The fourth-order valence-corrected chi connectivity index (χ4v) is 5.16. The highest BCUT2D eigenvalue weighted by Crippen LogP contribution is 2.33. The zero-order chi connectivity index (χ0) is 18.7. The molecule has 1 aromatic carbocycles. The number of hydrogen-bond donors (Lipinski definition) is 0. The molecule has 1 aliphatic heterocycles. The van der Waals surface area contributed by atoms with Gasteiger partial charge in [0, 0.05) is 38.3 Å². The topological polar surface area (TPSA) is 36.4 Å². The van der Waals surface area contributed by atoms with Crippen LogP contribution in [0.5, 0.6) is 0 Å². The Hall–Kier alpha value is -1.16. The average Bonchev–Trinajstić information content (AvgIpc) is 3.08. The van der Waals surface area contributed by atoms with Crippen LogP contribution in [0.1, 0.15) is 15.9 Å². The minimum absolute atomic E-state index is 0.00374. The molecule has 1 aromatic heterocycles. The first-order valence-electron chi connectivity index (χ1n) is 8.07. The Kier molecular flexibility index (Phi) is 6.55. The van der Waals surface area contributed by atoms with Gasteiger partial charge in [-0.2, -0.15) is 4.37 Å². The molecule has 0 saturated carbocycles. The highest BCUT2D eigenvalue weighted by atomic mass is 32.2. The summed E-state index contributed by atoms with van der Waals surface area (Å²) < 4.78 is 32.5. The Balaban J connectivity index is 1.64. The first-order valence-corrected chi connectivity index (χ1v) is 11.3. The standard InChI is InChI=1S/C17H19F2N3OS3/c1-24-15-13(17(25-2)26-20-15)16(23)22-8-6-21(7-9-22)10-11-4-3-5-12(18)14(11)19/h3-5H,6-10H2,1-2H3. The first kappa shape index (κ1) is 19.6. The summed E-state index contributed by atoms with van der Waals surface area (Å²) in [4.78, 5) is 16.8. The fraction of sp³-hybridized carbons (Fsp3) is 0.412. The van der Waals surface area contributed by atoms with Crippen molar-refractivity contribution in [3.05, 3.63) is 41.0 Å². The van der Waals surface area contributed by atoms with Crippen LogP contribution >= 0.6 is 35.1 Å². The van der Waals surface area contributed by atoms with Gasteiger partial charge >= 0.3 is 0 Å². The number of carbonyl (C=O) groups excluding carboxylic acids is 1. The molecule has 1 amide bonds. The van der Waals surface area contributed by atoms with Crippen LogP contribution in [0.3, 0.4) is 0 Å². The lowest BCUT2D eigenvalue weighted by atomic mass is 10.1. The third kappa shape index (κ3) is 4.05. The van der Waals surface area contributed by atoms with Gasteiger partial charge in [0.25, 0.3) is 5.91 Å². The van der Waals surface area contributed by atoms with E-state index in [-0.39, 0.29) is 5.91 Å². The molecule has 1 aliphatic rings. The molecule has 0 unspecified atom stereocenters. The van der Waals surface area contributed by atoms with E-state index in [0.29, 0.717) is 43.9 Å². The van der Waals surface area contributed by atoms with Gasteiger partial charge in [-0.3, -0.25) is 9.69 Å². The predicted octanol–water partition coefficient (Wildman–Crippen LogP) is 3.82. The molecule has 0 bridgehead atoms. The molecule has 0 N–H and O–H groups in total. The maximum atomic E-state index is 13.8. The summed E-state index contributed by atoms with van der Waals surface area (Å²) in [6.45, 7) is 2.73. The Labute approximate surface area is 164 Å². The number of thioether (sulfide) groups is 2. The van der Waals surface area contributed by atoms with E-state index in [2.05, 4.69) is 4.37 Å². The Morgan fingerprint density at radius 2 is 1.92 bits per heavy atom. The van der Waals surface area contributed by atoms with Gasteiger partial charge in [0.2, 0.25) is 0 Å². The second-order valence-corrected chi connectivity index (χ2v) is 8.48. The molecule has 0 atom stereocenters. The van der Waals surface area contributed by atoms with E-state index in [9.17, 15) is 13.6 Å². The van der Waals surface area contributed by atoms with E-state index in [1.807, 2.05) is 22.3 Å². The maximum absolute atomic E-state index is 13.8. The molecule has 1 fully saturated rings. The lowest BCUT2D eigenvalue weighted by Crippen LogP contribution is -2.48. The van der Waals surface area contributed by atoms with E-state index in [4.69, 9.17) is 0 Å². The third-order valence-corrected chi connectivity index (χ3v) is 7.05. The molecule has 3 rings (SSSR count). The van der Waals surface area contributed by atoms with Crippen molar-refractivity contribution in [3.63, 3.8) is 0 Å². The van der Waals surface area contributed by atoms with Crippen molar-refractivity contribution in [2.75, 3.05) is 38.7 Å². The summed E-state index contributed by atoms with van der Waals surface area (Å²) >= 11 is 4.37. The molecule has 2 heterocycles. The van der Waals surface area contributed by atoms with Crippen LogP contribution in [0.4, 0.5) is 8.78 Å². The van der Waals surface area contributed by atoms with Crippen molar-refractivity contribution >= 4 is 41.0 Å². The normalized spacial score (nSPS) is 15.5. The zero-order valence-electron chi connectivity index (χ0n) is 14.5. The Bertz CT molecular complexity index is 770. The second-order valence-electron chi connectivity index (χ2n) is 5.84. The van der Waals surface area contributed by atoms with Crippen LogP contribution in [0.15, 0.2) is 27.4 Å². The lowest BCUT2D eigenvalue weighted by Gasteiger charge is -2.34. The van der Waals surface area contributed by atoms with Crippen molar-refractivity contribution in [2.45, 2.75) is 15.8 Å². The van der Waals surface area contributed by atoms with Gasteiger partial charge in [-0.15, -0.1) is 23.5 Å². The summed E-state index contributed by atoms with van der Waals surface area (Å²) in [5, 5.41) is 0.772. The second kappa shape index (κ2) is 8.69. The summed E-state index contributed by atoms with van der Waals surface area (Å²) in [6.07, 6.45) is 3.86. The summed E-state index contributed by atoms with van der Waals surface area (Å²) in [6, 6.07) is 4.24. The molecule has 0 aliphatic carbocycles. The minimum Gasteiger partial charge on any atom is -0.336 e. The van der Waals surface area contributed by atoms with Crippen LogP contribution in [-0.4, -0.2) is 58.8 Å². The number of hydrogen-bond acceptors (Lipinski definition) is 6. The SMILES string of the molecule is CSc1nsc(SC)c1C(=O)N1CCN(Cc2cccc(F)c2F)CC1. The van der Waals surface area contributed by atoms with Crippen molar-refractivity contribution in [3.8, 4) is 0 Å². The van der Waals surface area contributed by atoms with Crippen molar-refractivity contribution in [1.82, 2.24) is 14.2 Å². The van der Waals surface area contributed by atoms with Gasteiger partial charge < -0.3 is 4.90 Å². The molecule has 2 aromatic rings. The molecule has 0 spiro atoms. The van der Waals surface area contributed by atoms with Gasteiger partial charge in [0.15, 0.2) is 11.6 Å². The number of piperazine rings is 1. The molecule has 9 heteroatoms. The van der Waals surface area contributed by atoms with Crippen LogP contribution in [0.2, 0.25) is 0 Å². The van der Waals surface area contributed by atoms with Gasteiger partial charge in [-0.1, -0.05) is 12.1 Å². The Morgan fingerprint density at radius 1 is 1.19 bits per heavy atom.